The van der Waals surface area contributed by atoms with Crippen molar-refractivity contribution in [1.82, 2.24) is 0 Å². The van der Waals surface area contributed by atoms with Crippen LogP contribution in [0.3, 0.4) is 0 Å². The summed E-state index contributed by atoms with van der Waals surface area (Å²) in [5, 5.41) is 0. The Morgan fingerprint density at radius 2 is 1.45 bits per heavy atom. The highest BCUT2D eigenvalue weighted by Crippen LogP contribution is 2.26. The maximum Gasteiger partial charge on any atom is 0.201 e. The van der Waals surface area contributed by atoms with E-state index in [0.29, 0.717) is 17.9 Å². The molecule has 0 amide bonds. The van der Waals surface area contributed by atoms with Crippen LogP contribution in [0.1, 0.15) is 18.1 Å². The Hall–Kier alpha value is -2.99. The van der Waals surface area contributed by atoms with Crippen molar-refractivity contribution in [2.24, 2.45) is 0 Å². The predicted octanol–water partition coefficient (Wildman–Crippen LogP) is 5.90. The molecule has 0 saturated carbocycles. The highest BCUT2D eigenvalue weighted by molar-refractivity contribution is 5.64. The summed E-state index contributed by atoms with van der Waals surface area (Å²) in [5.74, 6) is -2.04. The van der Waals surface area contributed by atoms with E-state index in [9.17, 15) is 13.2 Å². The Labute approximate surface area is 167 Å². The molecule has 0 spiro atoms. The van der Waals surface area contributed by atoms with Crippen molar-refractivity contribution in [2.75, 3.05) is 13.7 Å². The number of ether oxygens (including phenoxy) is 3. The van der Waals surface area contributed by atoms with Gasteiger partial charge in [0.1, 0.15) is 18.2 Å². The molecule has 0 aliphatic carbocycles. The topological polar surface area (TPSA) is 27.7 Å². The molecule has 0 aliphatic rings. The average molecular weight is 402 g/mol. The van der Waals surface area contributed by atoms with Crippen molar-refractivity contribution in [3.8, 4) is 22.6 Å². The predicted molar refractivity (Wildman–Crippen MR) is 104 cm³/mol. The molecule has 6 heteroatoms. The van der Waals surface area contributed by atoms with E-state index in [-0.39, 0.29) is 30.3 Å². The quantitative estimate of drug-likeness (QED) is 0.470. The van der Waals surface area contributed by atoms with E-state index in [4.69, 9.17) is 14.2 Å². The van der Waals surface area contributed by atoms with E-state index in [1.165, 1.54) is 25.3 Å². The molecule has 3 aromatic rings. The SMILES string of the molecule is CCOCc1ccc(-c2ccc(OCc3ccc(OC)c(F)c3F)cc2)cc1F. The van der Waals surface area contributed by atoms with Crippen LogP contribution in [-0.4, -0.2) is 13.7 Å². The van der Waals surface area contributed by atoms with Crippen LogP contribution in [0.15, 0.2) is 54.6 Å². The molecule has 29 heavy (non-hydrogen) atoms. The largest absolute Gasteiger partial charge is 0.494 e. The maximum atomic E-state index is 14.2. The van der Waals surface area contributed by atoms with Gasteiger partial charge in [-0.05, 0) is 48.4 Å². The molecule has 3 aromatic carbocycles. The number of hydrogen-bond donors (Lipinski definition) is 0. The van der Waals surface area contributed by atoms with E-state index in [2.05, 4.69) is 0 Å². The molecule has 3 nitrogen and oxygen atoms in total. The second-order valence-electron chi connectivity index (χ2n) is 6.31. The molecule has 0 fully saturated rings. The fourth-order valence-corrected chi connectivity index (χ4v) is 2.80. The Morgan fingerprint density at radius 3 is 2.10 bits per heavy atom. The summed E-state index contributed by atoms with van der Waals surface area (Å²) in [4.78, 5) is 0. The first-order chi connectivity index (χ1) is 14.0. The Kier molecular flexibility index (Phi) is 6.77. The van der Waals surface area contributed by atoms with Gasteiger partial charge in [-0.15, -0.1) is 0 Å². The first kappa shape index (κ1) is 20.7. The molecule has 0 heterocycles. The Morgan fingerprint density at radius 1 is 0.759 bits per heavy atom. The number of methoxy groups -OCH3 is 1. The van der Waals surface area contributed by atoms with Gasteiger partial charge in [-0.3, -0.25) is 0 Å². The highest BCUT2D eigenvalue weighted by Gasteiger charge is 2.14. The molecule has 0 unspecified atom stereocenters. The minimum Gasteiger partial charge on any atom is -0.494 e. The summed E-state index contributed by atoms with van der Waals surface area (Å²) in [5.41, 5.74) is 2.11. The van der Waals surface area contributed by atoms with Crippen molar-refractivity contribution in [1.29, 1.82) is 0 Å². The lowest BCUT2D eigenvalue weighted by Gasteiger charge is -2.11. The summed E-state index contributed by atoms with van der Waals surface area (Å²) in [6.45, 7) is 2.48. The fraction of sp³-hybridized carbons (Fsp3) is 0.217. The van der Waals surface area contributed by atoms with Crippen LogP contribution >= 0.6 is 0 Å². The number of halogens is 3. The van der Waals surface area contributed by atoms with Gasteiger partial charge in [0.05, 0.1) is 13.7 Å². The highest BCUT2D eigenvalue weighted by atomic mass is 19.2. The smallest absolute Gasteiger partial charge is 0.201 e. The second-order valence-corrected chi connectivity index (χ2v) is 6.31. The van der Waals surface area contributed by atoms with Crippen molar-refractivity contribution >= 4 is 0 Å². The van der Waals surface area contributed by atoms with Gasteiger partial charge in [0.2, 0.25) is 5.82 Å². The Balaban J connectivity index is 1.68. The molecule has 0 atom stereocenters. The molecule has 0 N–H and O–H groups in total. The maximum absolute atomic E-state index is 14.2. The van der Waals surface area contributed by atoms with E-state index >= 15 is 0 Å². The molecule has 3 rings (SSSR count). The fourth-order valence-electron chi connectivity index (χ4n) is 2.80. The van der Waals surface area contributed by atoms with Crippen LogP contribution in [0.2, 0.25) is 0 Å². The van der Waals surface area contributed by atoms with Crippen LogP contribution in [0.25, 0.3) is 11.1 Å². The molecular weight excluding hydrogens is 381 g/mol. The average Bonchev–Trinajstić information content (AvgIpc) is 2.74. The van der Waals surface area contributed by atoms with Gasteiger partial charge < -0.3 is 14.2 Å². The van der Waals surface area contributed by atoms with Crippen molar-refractivity contribution in [3.63, 3.8) is 0 Å². The second kappa shape index (κ2) is 9.47. The lowest BCUT2D eigenvalue weighted by Crippen LogP contribution is -2.02. The summed E-state index contributed by atoms with van der Waals surface area (Å²) in [7, 11) is 1.27. The summed E-state index contributed by atoms with van der Waals surface area (Å²) in [6.07, 6.45) is 0. The Bertz CT molecular complexity index is 972. The molecule has 0 bridgehead atoms. The van der Waals surface area contributed by atoms with Crippen LogP contribution in [-0.2, 0) is 18.0 Å². The number of hydrogen-bond acceptors (Lipinski definition) is 3. The standard InChI is InChI=1S/C23H21F3O3/c1-3-28-13-17-5-4-16(12-20(17)24)15-6-9-19(10-7-15)29-14-18-8-11-21(27-2)23(26)22(18)25/h4-12H,3,13-14H2,1-2H3. The normalized spacial score (nSPS) is 10.8. The van der Waals surface area contributed by atoms with Gasteiger partial charge in [-0.25, -0.2) is 8.78 Å². The lowest BCUT2D eigenvalue weighted by molar-refractivity contribution is 0.131. The zero-order valence-corrected chi connectivity index (χ0v) is 16.2. The third-order valence-corrected chi connectivity index (χ3v) is 4.44. The molecular formula is C23H21F3O3. The molecule has 0 aliphatic heterocycles. The zero-order valence-electron chi connectivity index (χ0n) is 16.2. The number of benzene rings is 3. The van der Waals surface area contributed by atoms with Crippen LogP contribution in [0, 0.1) is 17.5 Å². The number of rotatable bonds is 8. The van der Waals surface area contributed by atoms with Gasteiger partial charge >= 0.3 is 0 Å². The molecule has 0 radical (unpaired) electrons. The molecule has 0 saturated heterocycles. The van der Waals surface area contributed by atoms with Crippen molar-refractivity contribution in [2.45, 2.75) is 20.1 Å². The monoisotopic (exact) mass is 402 g/mol. The third-order valence-electron chi connectivity index (χ3n) is 4.44. The third kappa shape index (κ3) is 4.90. The van der Waals surface area contributed by atoms with Gasteiger partial charge in [0, 0.05) is 17.7 Å². The lowest BCUT2D eigenvalue weighted by atomic mass is 10.0. The van der Waals surface area contributed by atoms with E-state index in [0.717, 1.165) is 11.1 Å². The van der Waals surface area contributed by atoms with E-state index < -0.39 is 11.6 Å². The summed E-state index contributed by atoms with van der Waals surface area (Å²) in [6, 6.07) is 14.7. The van der Waals surface area contributed by atoms with E-state index in [1.807, 2.05) is 13.0 Å². The van der Waals surface area contributed by atoms with Gasteiger partial charge in [-0.2, -0.15) is 4.39 Å². The van der Waals surface area contributed by atoms with Crippen molar-refractivity contribution < 1.29 is 27.4 Å². The van der Waals surface area contributed by atoms with Crippen molar-refractivity contribution in [3.05, 3.63) is 83.2 Å². The van der Waals surface area contributed by atoms with Crippen LogP contribution in [0.5, 0.6) is 11.5 Å². The zero-order chi connectivity index (χ0) is 20.8. The van der Waals surface area contributed by atoms with Crippen LogP contribution in [0.4, 0.5) is 13.2 Å². The van der Waals surface area contributed by atoms with Crippen LogP contribution < -0.4 is 9.47 Å². The first-order valence-corrected chi connectivity index (χ1v) is 9.13. The summed E-state index contributed by atoms with van der Waals surface area (Å²) >= 11 is 0. The summed E-state index contributed by atoms with van der Waals surface area (Å²) < 4.78 is 57.5. The van der Waals surface area contributed by atoms with Gasteiger partial charge in [0.15, 0.2) is 11.6 Å². The van der Waals surface area contributed by atoms with E-state index in [1.54, 1.807) is 30.3 Å². The van der Waals surface area contributed by atoms with Gasteiger partial charge in [0.25, 0.3) is 0 Å². The molecule has 152 valence electrons. The first-order valence-electron chi connectivity index (χ1n) is 9.13. The minimum atomic E-state index is -1.04. The molecule has 0 aromatic heterocycles. The van der Waals surface area contributed by atoms with Gasteiger partial charge in [-0.1, -0.05) is 24.3 Å². The minimum absolute atomic E-state index is 0.0827.